The second-order valence-corrected chi connectivity index (χ2v) is 5.83. The fraction of sp³-hybridized carbons (Fsp3) is 0.412. The number of nitrogens with zero attached hydrogens (tertiary/aromatic N) is 2. The van der Waals surface area contributed by atoms with Crippen LogP contribution in [0.25, 0.3) is 11.4 Å². The van der Waals surface area contributed by atoms with Gasteiger partial charge in [-0.3, -0.25) is 9.97 Å². The van der Waals surface area contributed by atoms with Gasteiger partial charge in [0.15, 0.2) is 0 Å². The average molecular weight is 252 g/mol. The largest absolute Gasteiger partial charge is 0.254 e. The molecule has 1 aliphatic rings. The van der Waals surface area contributed by atoms with Crippen molar-refractivity contribution in [2.75, 3.05) is 0 Å². The molecule has 0 bridgehead atoms. The Morgan fingerprint density at radius 3 is 2.16 bits per heavy atom. The minimum Gasteiger partial charge on any atom is -0.254 e. The molecule has 1 aliphatic carbocycles. The van der Waals surface area contributed by atoms with Crippen molar-refractivity contribution >= 4 is 0 Å². The number of hydrogen-bond acceptors (Lipinski definition) is 2. The highest BCUT2D eigenvalue weighted by atomic mass is 14.8. The van der Waals surface area contributed by atoms with Crippen LogP contribution >= 0.6 is 0 Å². The molecule has 0 amide bonds. The van der Waals surface area contributed by atoms with Gasteiger partial charge in [0, 0.05) is 12.4 Å². The van der Waals surface area contributed by atoms with E-state index in [9.17, 15) is 0 Å². The zero-order chi connectivity index (χ0) is 13.7. The standard InChI is InChI=1S/C17H20N2/c1-9-6-14-12(4)10(2)7-18-16(14)17-15(9)13(5)11(3)8-19-17/h7-9H,6H2,1-5H3. The van der Waals surface area contributed by atoms with Crippen molar-refractivity contribution < 1.29 is 0 Å². The lowest BCUT2D eigenvalue weighted by Crippen LogP contribution is -2.15. The van der Waals surface area contributed by atoms with Crippen molar-refractivity contribution in [1.82, 2.24) is 9.97 Å². The maximum atomic E-state index is 4.68. The molecular formula is C17H20N2. The second-order valence-electron chi connectivity index (χ2n) is 5.83. The van der Waals surface area contributed by atoms with E-state index in [0.717, 1.165) is 17.8 Å². The minimum absolute atomic E-state index is 0.525. The molecule has 0 spiro atoms. The Bertz CT molecular complexity index is 671. The van der Waals surface area contributed by atoms with Crippen molar-refractivity contribution in [2.45, 2.75) is 47.0 Å². The van der Waals surface area contributed by atoms with Crippen LogP contribution in [0.2, 0.25) is 0 Å². The van der Waals surface area contributed by atoms with Crippen LogP contribution in [0.5, 0.6) is 0 Å². The Morgan fingerprint density at radius 2 is 1.47 bits per heavy atom. The molecule has 1 unspecified atom stereocenters. The Balaban J connectivity index is 2.35. The first kappa shape index (κ1) is 12.3. The zero-order valence-electron chi connectivity index (χ0n) is 12.3. The molecule has 2 aromatic rings. The molecule has 2 aromatic heterocycles. The van der Waals surface area contributed by atoms with Crippen LogP contribution in [0.3, 0.4) is 0 Å². The molecule has 19 heavy (non-hydrogen) atoms. The molecule has 0 radical (unpaired) electrons. The molecule has 0 aliphatic heterocycles. The van der Waals surface area contributed by atoms with E-state index in [1.807, 2.05) is 12.4 Å². The quantitative estimate of drug-likeness (QED) is 0.707. The highest BCUT2D eigenvalue weighted by molar-refractivity contribution is 5.70. The molecule has 0 fully saturated rings. The van der Waals surface area contributed by atoms with Gasteiger partial charge in [-0.25, -0.2) is 0 Å². The van der Waals surface area contributed by atoms with Gasteiger partial charge in [0.25, 0.3) is 0 Å². The average Bonchev–Trinajstić information content (AvgIpc) is 2.38. The SMILES string of the molecule is Cc1cnc2c(c1C)CC(C)c1c-2ncc(C)c1C. The summed E-state index contributed by atoms with van der Waals surface area (Å²) in [6.07, 6.45) is 5.03. The molecule has 2 nitrogen and oxygen atoms in total. The topological polar surface area (TPSA) is 25.8 Å². The lowest BCUT2D eigenvalue weighted by Gasteiger charge is -2.27. The summed E-state index contributed by atoms with van der Waals surface area (Å²) in [6.45, 7) is 11.0. The molecule has 0 saturated carbocycles. The normalized spacial score (nSPS) is 17.0. The molecule has 0 saturated heterocycles. The van der Waals surface area contributed by atoms with Gasteiger partial charge in [0.2, 0.25) is 0 Å². The maximum absolute atomic E-state index is 4.68. The predicted octanol–water partition coefficient (Wildman–Crippen LogP) is 4.04. The number of aromatic nitrogens is 2. The number of aryl methyl sites for hydroxylation is 2. The summed E-state index contributed by atoms with van der Waals surface area (Å²) in [6, 6.07) is 0. The highest BCUT2D eigenvalue weighted by Gasteiger charge is 2.27. The van der Waals surface area contributed by atoms with Gasteiger partial charge in [0.1, 0.15) is 0 Å². The Hall–Kier alpha value is -1.70. The smallest absolute Gasteiger partial charge is 0.0926 e. The molecule has 0 N–H and O–H groups in total. The summed E-state index contributed by atoms with van der Waals surface area (Å²) in [4.78, 5) is 9.34. The molecule has 1 atom stereocenters. The molecule has 0 aromatic carbocycles. The predicted molar refractivity (Wildman–Crippen MR) is 78.5 cm³/mol. The van der Waals surface area contributed by atoms with Gasteiger partial charge >= 0.3 is 0 Å². The lowest BCUT2D eigenvalue weighted by molar-refractivity contribution is 0.725. The van der Waals surface area contributed by atoms with Crippen molar-refractivity contribution in [3.63, 3.8) is 0 Å². The van der Waals surface area contributed by atoms with E-state index in [1.165, 1.54) is 33.4 Å². The number of rotatable bonds is 0. The molecule has 98 valence electrons. The van der Waals surface area contributed by atoms with E-state index in [2.05, 4.69) is 44.6 Å². The van der Waals surface area contributed by atoms with Crippen LogP contribution in [0.1, 0.15) is 46.2 Å². The number of pyridine rings is 2. The first-order chi connectivity index (χ1) is 9.00. The van der Waals surface area contributed by atoms with Gasteiger partial charge in [0.05, 0.1) is 11.4 Å². The molecule has 2 heterocycles. The van der Waals surface area contributed by atoms with E-state index in [-0.39, 0.29) is 0 Å². The Morgan fingerprint density at radius 1 is 0.895 bits per heavy atom. The van der Waals surface area contributed by atoms with Gasteiger partial charge in [-0.05, 0) is 73.4 Å². The van der Waals surface area contributed by atoms with Crippen LogP contribution in [-0.2, 0) is 6.42 Å². The third-order valence-electron chi connectivity index (χ3n) is 4.58. The van der Waals surface area contributed by atoms with Crippen molar-refractivity contribution in [2.24, 2.45) is 0 Å². The lowest BCUT2D eigenvalue weighted by atomic mass is 9.80. The third-order valence-corrected chi connectivity index (χ3v) is 4.58. The van der Waals surface area contributed by atoms with E-state index in [0.29, 0.717) is 5.92 Å². The molecular weight excluding hydrogens is 232 g/mol. The summed E-state index contributed by atoms with van der Waals surface area (Å²) in [5.74, 6) is 0.525. The van der Waals surface area contributed by atoms with E-state index >= 15 is 0 Å². The van der Waals surface area contributed by atoms with Crippen LogP contribution < -0.4 is 0 Å². The van der Waals surface area contributed by atoms with E-state index in [1.54, 1.807) is 0 Å². The summed E-state index contributed by atoms with van der Waals surface area (Å²) in [5, 5.41) is 0. The van der Waals surface area contributed by atoms with Crippen LogP contribution in [0, 0.1) is 27.7 Å². The van der Waals surface area contributed by atoms with E-state index in [4.69, 9.17) is 0 Å². The third kappa shape index (κ3) is 1.70. The fourth-order valence-corrected chi connectivity index (χ4v) is 3.12. The minimum atomic E-state index is 0.525. The number of hydrogen-bond donors (Lipinski definition) is 0. The fourth-order valence-electron chi connectivity index (χ4n) is 3.12. The van der Waals surface area contributed by atoms with Crippen LogP contribution in [-0.4, -0.2) is 9.97 Å². The monoisotopic (exact) mass is 252 g/mol. The summed E-state index contributed by atoms with van der Waals surface area (Å²) in [7, 11) is 0. The van der Waals surface area contributed by atoms with Gasteiger partial charge in [-0.15, -0.1) is 0 Å². The van der Waals surface area contributed by atoms with Gasteiger partial charge < -0.3 is 0 Å². The molecule has 2 heteroatoms. The van der Waals surface area contributed by atoms with Crippen molar-refractivity contribution in [3.8, 4) is 11.4 Å². The van der Waals surface area contributed by atoms with Crippen LogP contribution in [0.15, 0.2) is 12.4 Å². The van der Waals surface area contributed by atoms with Crippen LogP contribution in [0.4, 0.5) is 0 Å². The maximum Gasteiger partial charge on any atom is 0.0926 e. The summed E-state index contributed by atoms with van der Waals surface area (Å²) in [5.41, 5.74) is 10.3. The zero-order valence-corrected chi connectivity index (χ0v) is 12.3. The summed E-state index contributed by atoms with van der Waals surface area (Å²) < 4.78 is 0. The summed E-state index contributed by atoms with van der Waals surface area (Å²) >= 11 is 0. The Labute approximate surface area is 114 Å². The second kappa shape index (κ2) is 4.16. The van der Waals surface area contributed by atoms with Crippen molar-refractivity contribution in [1.29, 1.82) is 0 Å². The van der Waals surface area contributed by atoms with Crippen molar-refractivity contribution in [3.05, 3.63) is 45.8 Å². The number of fused-ring (bicyclic) bond motifs is 3. The first-order valence-corrected chi connectivity index (χ1v) is 6.92. The Kier molecular flexibility index (Phi) is 2.70. The van der Waals surface area contributed by atoms with Gasteiger partial charge in [-0.2, -0.15) is 0 Å². The highest BCUT2D eigenvalue weighted by Crippen LogP contribution is 2.40. The first-order valence-electron chi connectivity index (χ1n) is 6.92. The van der Waals surface area contributed by atoms with Gasteiger partial charge in [-0.1, -0.05) is 6.92 Å². The molecule has 3 rings (SSSR count). The van der Waals surface area contributed by atoms with E-state index < -0.39 is 0 Å².